The number of alkyl halides is 1. The highest BCUT2D eigenvalue weighted by Crippen LogP contribution is 2.03. The fourth-order valence-corrected chi connectivity index (χ4v) is 2.43. The molecule has 1 fully saturated rings. The van der Waals surface area contributed by atoms with Gasteiger partial charge in [-0.05, 0) is 33.6 Å². The minimum atomic E-state index is 1.10. The van der Waals surface area contributed by atoms with Gasteiger partial charge in [-0.3, -0.25) is 0 Å². The molecule has 0 spiro atoms. The summed E-state index contributed by atoms with van der Waals surface area (Å²) in [5.41, 5.74) is 0. The number of hydrogen-bond donors (Lipinski definition) is 0. The van der Waals surface area contributed by atoms with E-state index in [4.69, 9.17) is 0 Å². The van der Waals surface area contributed by atoms with E-state index in [0.717, 1.165) is 5.33 Å². The van der Waals surface area contributed by atoms with E-state index in [2.05, 4.69) is 44.7 Å². The van der Waals surface area contributed by atoms with E-state index >= 15 is 0 Å². The Balaban J connectivity index is 2.20. The highest BCUT2D eigenvalue weighted by Gasteiger charge is 2.13. The molecule has 0 radical (unpaired) electrons. The number of nitrogens with zero attached hydrogens (tertiary/aromatic N) is 3. The van der Waals surface area contributed by atoms with Crippen LogP contribution in [0.3, 0.4) is 0 Å². The molecule has 0 N–H and O–H groups in total. The van der Waals surface area contributed by atoms with Crippen LogP contribution in [0.1, 0.15) is 6.42 Å². The maximum absolute atomic E-state index is 3.51. The lowest BCUT2D eigenvalue weighted by molar-refractivity contribution is 0.240. The van der Waals surface area contributed by atoms with E-state index in [-0.39, 0.29) is 0 Å². The van der Waals surface area contributed by atoms with Crippen LogP contribution in [-0.4, -0.2) is 79.9 Å². The molecule has 1 heterocycles. The number of rotatable bonds is 5. The fourth-order valence-electron chi connectivity index (χ4n) is 1.93. The molecule has 0 saturated carbocycles. The topological polar surface area (TPSA) is 9.72 Å². The molecule has 0 bridgehead atoms. The van der Waals surface area contributed by atoms with Gasteiger partial charge in [-0.15, -0.1) is 0 Å². The van der Waals surface area contributed by atoms with E-state index in [0.29, 0.717) is 0 Å². The molecule has 15 heavy (non-hydrogen) atoms. The van der Waals surface area contributed by atoms with Gasteiger partial charge in [0.15, 0.2) is 0 Å². The minimum Gasteiger partial charge on any atom is -0.308 e. The third kappa shape index (κ3) is 5.85. The van der Waals surface area contributed by atoms with Crippen molar-refractivity contribution in [2.45, 2.75) is 6.42 Å². The van der Waals surface area contributed by atoms with Crippen molar-refractivity contribution >= 4 is 15.9 Å². The predicted octanol–water partition coefficient (Wildman–Crippen LogP) is 0.951. The summed E-state index contributed by atoms with van der Waals surface area (Å²) >= 11 is 3.51. The fraction of sp³-hybridized carbons (Fsp3) is 1.00. The molecule has 90 valence electrons. The molecular weight excluding hydrogens is 254 g/mol. The van der Waals surface area contributed by atoms with Crippen LogP contribution in [0.4, 0.5) is 0 Å². The van der Waals surface area contributed by atoms with Gasteiger partial charge in [0.25, 0.3) is 0 Å². The molecule has 0 aromatic rings. The average Bonchev–Trinajstić information content (AvgIpc) is 2.41. The summed E-state index contributed by atoms with van der Waals surface area (Å²) < 4.78 is 0. The SMILES string of the molecule is CN(C)CCN1CCCN(CCBr)CC1. The maximum Gasteiger partial charge on any atom is 0.0159 e. The van der Waals surface area contributed by atoms with Gasteiger partial charge in [0.1, 0.15) is 0 Å². The van der Waals surface area contributed by atoms with Gasteiger partial charge in [0, 0.05) is 38.1 Å². The molecule has 0 aromatic heterocycles. The van der Waals surface area contributed by atoms with Crippen LogP contribution in [0.15, 0.2) is 0 Å². The van der Waals surface area contributed by atoms with Crippen molar-refractivity contribution < 1.29 is 0 Å². The van der Waals surface area contributed by atoms with Crippen molar-refractivity contribution in [2.24, 2.45) is 0 Å². The van der Waals surface area contributed by atoms with Gasteiger partial charge in [0.2, 0.25) is 0 Å². The van der Waals surface area contributed by atoms with Crippen molar-refractivity contribution in [1.29, 1.82) is 0 Å². The maximum atomic E-state index is 3.51. The summed E-state index contributed by atoms with van der Waals surface area (Å²) in [5.74, 6) is 0. The van der Waals surface area contributed by atoms with Crippen molar-refractivity contribution in [3.63, 3.8) is 0 Å². The normalized spacial score (nSPS) is 20.8. The highest BCUT2D eigenvalue weighted by atomic mass is 79.9. The lowest BCUT2D eigenvalue weighted by Gasteiger charge is -2.22. The molecule has 0 aromatic carbocycles. The van der Waals surface area contributed by atoms with Crippen LogP contribution in [0.2, 0.25) is 0 Å². The number of likely N-dealkylation sites (N-methyl/N-ethyl adjacent to an activating group) is 1. The molecular formula is C11H24BrN3. The van der Waals surface area contributed by atoms with Crippen molar-refractivity contribution in [2.75, 3.05) is 65.2 Å². The van der Waals surface area contributed by atoms with E-state index < -0.39 is 0 Å². The van der Waals surface area contributed by atoms with Gasteiger partial charge in [0.05, 0.1) is 0 Å². The first-order chi connectivity index (χ1) is 7.22. The quantitative estimate of drug-likeness (QED) is 0.693. The predicted molar refractivity (Wildman–Crippen MR) is 69.8 cm³/mol. The van der Waals surface area contributed by atoms with E-state index in [1.165, 1.54) is 52.2 Å². The van der Waals surface area contributed by atoms with E-state index in [9.17, 15) is 0 Å². The first-order valence-electron chi connectivity index (χ1n) is 5.88. The smallest absolute Gasteiger partial charge is 0.0159 e. The van der Waals surface area contributed by atoms with Crippen molar-refractivity contribution in [3.8, 4) is 0 Å². The molecule has 0 unspecified atom stereocenters. The lowest BCUT2D eigenvalue weighted by Crippen LogP contribution is -2.35. The Bertz CT molecular complexity index is 164. The number of halogens is 1. The third-order valence-corrected chi connectivity index (χ3v) is 3.30. The van der Waals surface area contributed by atoms with Crippen LogP contribution < -0.4 is 0 Å². The molecule has 1 aliphatic rings. The standard InChI is InChI=1S/C11H24BrN3/c1-13(2)8-9-15-6-3-5-14(7-4-12)10-11-15/h3-11H2,1-2H3. The monoisotopic (exact) mass is 277 g/mol. The van der Waals surface area contributed by atoms with Gasteiger partial charge >= 0.3 is 0 Å². The number of hydrogen-bond acceptors (Lipinski definition) is 3. The highest BCUT2D eigenvalue weighted by molar-refractivity contribution is 9.09. The Morgan fingerprint density at radius 2 is 1.60 bits per heavy atom. The summed E-state index contributed by atoms with van der Waals surface area (Å²) in [5, 5.41) is 1.10. The van der Waals surface area contributed by atoms with Gasteiger partial charge in [-0.1, -0.05) is 15.9 Å². The molecule has 1 saturated heterocycles. The van der Waals surface area contributed by atoms with E-state index in [1.807, 2.05) is 0 Å². The van der Waals surface area contributed by atoms with Gasteiger partial charge in [-0.25, -0.2) is 0 Å². The molecule has 1 aliphatic heterocycles. The second-order valence-corrected chi connectivity index (χ2v) is 5.32. The second-order valence-electron chi connectivity index (χ2n) is 4.53. The zero-order valence-electron chi connectivity index (χ0n) is 10.1. The summed E-state index contributed by atoms with van der Waals surface area (Å²) in [4.78, 5) is 7.42. The first-order valence-corrected chi connectivity index (χ1v) is 7.00. The molecule has 3 nitrogen and oxygen atoms in total. The summed E-state index contributed by atoms with van der Waals surface area (Å²) in [7, 11) is 4.30. The summed E-state index contributed by atoms with van der Waals surface area (Å²) in [6.07, 6.45) is 1.32. The third-order valence-electron chi connectivity index (χ3n) is 2.95. The van der Waals surface area contributed by atoms with Crippen LogP contribution >= 0.6 is 15.9 Å². The van der Waals surface area contributed by atoms with Crippen LogP contribution in [0.5, 0.6) is 0 Å². The van der Waals surface area contributed by atoms with Gasteiger partial charge in [-0.2, -0.15) is 0 Å². The second kappa shape index (κ2) is 7.60. The van der Waals surface area contributed by atoms with Crippen LogP contribution in [0.25, 0.3) is 0 Å². The van der Waals surface area contributed by atoms with Crippen LogP contribution in [-0.2, 0) is 0 Å². The summed E-state index contributed by atoms with van der Waals surface area (Å²) in [6, 6.07) is 0. The molecule has 1 rings (SSSR count). The van der Waals surface area contributed by atoms with Crippen molar-refractivity contribution in [1.82, 2.24) is 14.7 Å². The Kier molecular flexibility index (Phi) is 6.81. The average molecular weight is 278 g/mol. The van der Waals surface area contributed by atoms with Crippen LogP contribution in [0, 0.1) is 0 Å². The minimum absolute atomic E-state index is 1.10. The first kappa shape index (κ1) is 13.4. The Labute approximate surface area is 103 Å². The van der Waals surface area contributed by atoms with E-state index in [1.54, 1.807) is 0 Å². The largest absolute Gasteiger partial charge is 0.308 e. The molecule has 0 amide bonds. The summed E-state index contributed by atoms with van der Waals surface area (Å²) in [6.45, 7) is 8.60. The Hall–Kier alpha value is 0.360. The molecule has 4 heteroatoms. The Morgan fingerprint density at radius 3 is 2.13 bits per heavy atom. The molecule has 0 aliphatic carbocycles. The lowest BCUT2D eigenvalue weighted by atomic mass is 10.4. The Morgan fingerprint density at radius 1 is 1.00 bits per heavy atom. The van der Waals surface area contributed by atoms with Gasteiger partial charge < -0.3 is 14.7 Å². The van der Waals surface area contributed by atoms with Crippen molar-refractivity contribution in [3.05, 3.63) is 0 Å². The zero-order chi connectivity index (χ0) is 11.1. The molecule has 0 atom stereocenters. The zero-order valence-corrected chi connectivity index (χ0v) is 11.7.